The normalized spacial score (nSPS) is 16.0. The first-order valence-electron chi connectivity index (χ1n) is 4.76. The fourth-order valence-corrected chi connectivity index (χ4v) is 1.24. The Labute approximate surface area is 78.6 Å². The van der Waals surface area contributed by atoms with E-state index in [9.17, 15) is 4.79 Å². The number of carbonyl (C=O) groups is 1. The Hall–Kier alpha value is -1.06. The maximum atomic E-state index is 11.6. The third-order valence-electron chi connectivity index (χ3n) is 2.03. The molecule has 4 heteroatoms. The number of hydrogen-bond donors (Lipinski definition) is 0. The van der Waals surface area contributed by atoms with Crippen LogP contribution < -0.4 is 0 Å². The van der Waals surface area contributed by atoms with Crippen LogP contribution in [-0.2, 0) is 9.53 Å². The average Bonchev–Trinajstić information content (AvgIpc) is 2.21. The van der Waals surface area contributed by atoms with Gasteiger partial charge in [0.05, 0.1) is 6.61 Å². The predicted molar refractivity (Wildman–Crippen MR) is 50.8 cm³/mol. The van der Waals surface area contributed by atoms with E-state index in [2.05, 4.69) is 4.99 Å². The summed E-state index contributed by atoms with van der Waals surface area (Å²) in [4.78, 5) is 17.4. The molecule has 0 saturated heterocycles. The summed E-state index contributed by atoms with van der Waals surface area (Å²) in [6.07, 6.45) is 0.912. The molecule has 74 valence electrons. The number of amides is 1. The Morgan fingerprint density at radius 1 is 1.54 bits per heavy atom. The number of aliphatic imine (C=N–C) groups is 1. The Kier molecular flexibility index (Phi) is 3.73. The molecule has 1 amide bonds. The van der Waals surface area contributed by atoms with Gasteiger partial charge in [0.2, 0.25) is 0 Å². The Bertz CT molecular complexity index is 210. The molecular formula is C9H16N2O2. The lowest BCUT2D eigenvalue weighted by Gasteiger charge is -2.21. The van der Waals surface area contributed by atoms with E-state index in [-0.39, 0.29) is 11.8 Å². The van der Waals surface area contributed by atoms with Gasteiger partial charge in [-0.3, -0.25) is 4.79 Å². The van der Waals surface area contributed by atoms with Gasteiger partial charge in [0, 0.05) is 26.1 Å². The van der Waals surface area contributed by atoms with Crippen molar-refractivity contribution >= 4 is 11.8 Å². The predicted octanol–water partition coefficient (Wildman–Crippen LogP) is 0.674. The Morgan fingerprint density at radius 3 is 2.69 bits per heavy atom. The Balaban J connectivity index is 2.59. The molecule has 0 N–H and O–H groups in total. The first-order valence-corrected chi connectivity index (χ1v) is 4.76. The molecule has 4 nitrogen and oxygen atoms in total. The van der Waals surface area contributed by atoms with E-state index >= 15 is 0 Å². The smallest absolute Gasteiger partial charge is 0.308 e. The van der Waals surface area contributed by atoms with Crippen molar-refractivity contribution in [2.24, 2.45) is 4.99 Å². The van der Waals surface area contributed by atoms with Gasteiger partial charge < -0.3 is 9.64 Å². The van der Waals surface area contributed by atoms with E-state index in [1.54, 1.807) is 4.90 Å². The summed E-state index contributed by atoms with van der Waals surface area (Å²) in [6, 6.07) is 0. The van der Waals surface area contributed by atoms with Gasteiger partial charge in [-0.2, -0.15) is 0 Å². The number of hydrogen-bond acceptors (Lipinski definition) is 3. The third kappa shape index (κ3) is 2.44. The van der Waals surface area contributed by atoms with Gasteiger partial charge in [-0.05, 0) is 13.8 Å². The summed E-state index contributed by atoms with van der Waals surface area (Å²) in [5.41, 5.74) is 0. The fraction of sp³-hybridized carbons (Fsp3) is 0.778. The van der Waals surface area contributed by atoms with Gasteiger partial charge >= 0.3 is 5.91 Å². The molecule has 0 spiro atoms. The zero-order chi connectivity index (χ0) is 9.68. The Morgan fingerprint density at radius 2 is 2.23 bits per heavy atom. The second-order valence-corrected chi connectivity index (χ2v) is 2.87. The van der Waals surface area contributed by atoms with Crippen molar-refractivity contribution in [1.82, 2.24) is 4.90 Å². The van der Waals surface area contributed by atoms with E-state index in [0.29, 0.717) is 26.2 Å². The zero-order valence-corrected chi connectivity index (χ0v) is 8.25. The molecule has 1 aliphatic rings. The highest BCUT2D eigenvalue weighted by Crippen LogP contribution is 2.00. The van der Waals surface area contributed by atoms with Crippen LogP contribution in [0.4, 0.5) is 0 Å². The average molecular weight is 184 g/mol. The van der Waals surface area contributed by atoms with Crippen LogP contribution in [0.2, 0.25) is 0 Å². The van der Waals surface area contributed by atoms with Gasteiger partial charge in [0.25, 0.3) is 5.90 Å². The zero-order valence-electron chi connectivity index (χ0n) is 8.25. The number of ether oxygens (including phenoxy) is 1. The van der Waals surface area contributed by atoms with Crippen molar-refractivity contribution in [3.63, 3.8) is 0 Å². The van der Waals surface area contributed by atoms with Crippen LogP contribution in [0, 0.1) is 0 Å². The highest BCUT2D eigenvalue weighted by molar-refractivity contribution is 6.35. The first-order chi connectivity index (χ1) is 6.29. The molecule has 1 aliphatic heterocycles. The van der Waals surface area contributed by atoms with E-state index < -0.39 is 0 Å². The van der Waals surface area contributed by atoms with Crippen molar-refractivity contribution in [2.75, 3.05) is 26.2 Å². The molecule has 0 saturated carbocycles. The van der Waals surface area contributed by atoms with Crippen molar-refractivity contribution < 1.29 is 9.53 Å². The highest BCUT2D eigenvalue weighted by atomic mass is 16.5. The minimum absolute atomic E-state index is 0.0790. The number of nitrogens with zero attached hydrogens (tertiary/aromatic N) is 2. The molecule has 0 unspecified atom stereocenters. The van der Waals surface area contributed by atoms with Crippen LogP contribution in [0.15, 0.2) is 4.99 Å². The summed E-state index contributed by atoms with van der Waals surface area (Å²) in [5.74, 6) is 0.208. The fourth-order valence-electron chi connectivity index (χ4n) is 1.24. The van der Waals surface area contributed by atoms with Crippen LogP contribution >= 0.6 is 0 Å². The van der Waals surface area contributed by atoms with Gasteiger partial charge in [-0.25, -0.2) is 4.99 Å². The van der Waals surface area contributed by atoms with Crippen molar-refractivity contribution in [3.05, 3.63) is 0 Å². The molecule has 1 heterocycles. The molecule has 1 rings (SSSR count). The topological polar surface area (TPSA) is 41.9 Å². The maximum absolute atomic E-state index is 11.6. The summed E-state index contributed by atoms with van der Waals surface area (Å²) in [7, 11) is 0. The van der Waals surface area contributed by atoms with Gasteiger partial charge in [-0.15, -0.1) is 0 Å². The second kappa shape index (κ2) is 4.84. The summed E-state index contributed by atoms with van der Waals surface area (Å²) in [6.45, 7) is 6.64. The standard InChI is InChI=1S/C9H16N2O2/c1-3-11(4-2)9(12)8-10-6-5-7-13-8/h3-7H2,1-2H3. The molecule has 0 fully saturated rings. The van der Waals surface area contributed by atoms with Crippen LogP contribution in [0.5, 0.6) is 0 Å². The SMILES string of the molecule is CCN(CC)C(=O)C1=NCCCO1. The van der Waals surface area contributed by atoms with E-state index in [1.165, 1.54) is 0 Å². The molecule has 0 aromatic heterocycles. The third-order valence-corrected chi connectivity index (χ3v) is 2.03. The van der Waals surface area contributed by atoms with E-state index in [0.717, 1.165) is 6.42 Å². The number of rotatable bonds is 3. The highest BCUT2D eigenvalue weighted by Gasteiger charge is 2.20. The van der Waals surface area contributed by atoms with Gasteiger partial charge in [-0.1, -0.05) is 0 Å². The number of likely N-dealkylation sites (N-methyl/N-ethyl adjacent to an activating group) is 1. The van der Waals surface area contributed by atoms with Gasteiger partial charge in [0.15, 0.2) is 0 Å². The molecule has 0 aliphatic carbocycles. The monoisotopic (exact) mass is 184 g/mol. The maximum Gasteiger partial charge on any atom is 0.308 e. The van der Waals surface area contributed by atoms with E-state index in [4.69, 9.17) is 4.74 Å². The molecular weight excluding hydrogens is 168 g/mol. The molecule has 0 atom stereocenters. The first kappa shape index (κ1) is 10.0. The largest absolute Gasteiger partial charge is 0.474 e. The van der Waals surface area contributed by atoms with Crippen molar-refractivity contribution in [1.29, 1.82) is 0 Å². The molecule has 0 aromatic carbocycles. The lowest BCUT2D eigenvalue weighted by Crippen LogP contribution is -2.38. The minimum Gasteiger partial charge on any atom is -0.474 e. The van der Waals surface area contributed by atoms with Crippen LogP contribution in [0.1, 0.15) is 20.3 Å². The minimum atomic E-state index is -0.0790. The van der Waals surface area contributed by atoms with Crippen LogP contribution in [0.25, 0.3) is 0 Å². The van der Waals surface area contributed by atoms with Crippen molar-refractivity contribution in [3.8, 4) is 0 Å². The lowest BCUT2D eigenvalue weighted by atomic mass is 10.4. The van der Waals surface area contributed by atoms with E-state index in [1.807, 2.05) is 13.8 Å². The summed E-state index contributed by atoms with van der Waals surface area (Å²) in [5, 5.41) is 0. The van der Waals surface area contributed by atoms with Crippen molar-refractivity contribution in [2.45, 2.75) is 20.3 Å². The summed E-state index contributed by atoms with van der Waals surface area (Å²) >= 11 is 0. The van der Waals surface area contributed by atoms with Crippen LogP contribution in [-0.4, -0.2) is 42.9 Å². The lowest BCUT2D eigenvalue weighted by molar-refractivity contribution is -0.125. The summed E-state index contributed by atoms with van der Waals surface area (Å²) < 4.78 is 5.18. The molecule has 0 aromatic rings. The van der Waals surface area contributed by atoms with Crippen LogP contribution in [0.3, 0.4) is 0 Å². The second-order valence-electron chi connectivity index (χ2n) is 2.87. The van der Waals surface area contributed by atoms with Gasteiger partial charge in [0.1, 0.15) is 0 Å². The molecule has 13 heavy (non-hydrogen) atoms. The molecule has 0 bridgehead atoms. The number of carbonyl (C=O) groups excluding carboxylic acids is 1. The molecule has 0 radical (unpaired) electrons. The quantitative estimate of drug-likeness (QED) is 0.647.